The number of benzene rings is 1. The highest BCUT2D eigenvalue weighted by molar-refractivity contribution is 5.36. The molecule has 1 aromatic carbocycles. The molecule has 3 rings (SSSR count). The number of nitrogens with zero attached hydrogens (tertiary/aromatic N) is 3. The topological polar surface area (TPSA) is 40.2 Å². The molecule has 0 bridgehead atoms. The van der Waals surface area contributed by atoms with Crippen LogP contribution in [0.5, 0.6) is 0 Å². The first-order valence-corrected chi connectivity index (χ1v) is 5.58. The van der Waals surface area contributed by atoms with Crippen molar-refractivity contribution < 1.29 is 26.7 Å². The molecule has 1 aliphatic rings. The molecular weight excluding hydrogens is 294 g/mol. The van der Waals surface area contributed by atoms with Gasteiger partial charge in [0, 0.05) is 11.6 Å². The van der Waals surface area contributed by atoms with Gasteiger partial charge in [-0.3, -0.25) is 0 Å². The molecule has 0 amide bonds. The molecule has 0 unspecified atom stereocenters. The third-order valence-electron chi connectivity index (χ3n) is 3.28. The van der Waals surface area contributed by atoms with Gasteiger partial charge in [-0.25, -0.2) is 9.47 Å². The molecule has 1 aromatic heterocycles. The maximum atomic E-state index is 10.8. The summed E-state index contributed by atoms with van der Waals surface area (Å²) in [6, 6.07) is 11.5. The van der Waals surface area contributed by atoms with E-state index in [1.165, 1.54) is 0 Å². The normalized spacial score (nSPS) is 21.3. The predicted octanol–water partition coefficient (Wildman–Crippen LogP) is -2.33. The van der Waals surface area contributed by atoms with Gasteiger partial charge in [0.25, 0.3) is 0 Å². The van der Waals surface area contributed by atoms with Crippen LogP contribution in [0.4, 0.5) is 5.95 Å². The van der Waals surface area contributed by atoms with Crippen LogP contribution in [0.2, 0.25) is 0 Å². The average Bonchev–Trinajstić information content (AvgIpc) is 2.65. The third kappa shape index (κ3) is 1.79. The van der Waals surface area contributed by atoms with Crippen molar-refractivity contribution in [2.45, 2.75) is 12.3 Å². The maximum Gasteiger partial charge on any atom is 0.396 e. The Morgan fingerprint density at radius 3 is 2.67 bits per heavy atom. The fourth-order valence-electron chi connectivity index (χ4n) is 2.29. The minimum atomic E-state index is -1.01. The maximum absolute atomic E-state index is 10.8. The number of likely N-dealkylation sites (N-methyl/N-ethyl adjacent to an activating group) is 1. The summed E-state index contributed by atoms with van der Waals surface area (Å²) in [5, 5.41) is 10.8. The van der Waals surface area contributed by atoms with Gasteiger partial charge in [0.2, 0.25) is 5.72 Å². The first kappa shape index (κ1) is 13.0. The molecule has 4 nitrogen and oxygen atoms in total. The van der Waals surface area contributed by atoms with Crippen LogP contribution < -0.4 is 26.4 Å². The van der Waals surface area contributed by atoms with E-state index in [1.54, 1.807) is 6.20 Å². The largest absolute Gasteiger partial charge is 1.00 e. The van der Waals surface area contributed by atoms with Crippen molar-refractivity contribution in [3.63, 3.8) is 0 Å². The predicted molar refractivity (Wildman–Crippen MR) is 63.2 cm³/mol. The van der Waals surface area contributed by atoms with Crippen LogP contribution in [0.1, 0.15) is 5.56 Å². The first-order chi connectivity index (χ1) is 8.22. The summed E-state index contributed by atoms with van der Waals surface area (Å²) in [5.41, 5.74) is -0.129. The Bertz CT molecular complexity index is 549. The Morgan fingerprint density at radius 2 is 2.00 bits per heavy atom. The van der Waals surface area contributed by atoms with Crippen molar-refractivity contribution in [2.24, 2.45) is 0 Å². The van der Waals surface area contributed by atoms with Gasteiger partial charge in [-0.2, -0.15) is 0 Å². The highest BCUT2D eigenvalue weighted by Crippen LogP contribution is 2.31. The number of anilines is 1. The van der Waals surface area contributed by atoms with E-state index in [4.69, 9.17) is 0 Å². The number of aliphatic hydroxyl groups is 1. The second kappa shape index (κ2) is 4.66. The molecule has 94 valence electrons. The van der Waals surface area contributed by atoms with E-state index < -0.39 is 5.72 Å². The fraction of sp³-hybridized carbons (Fsp3) is 0.231. The van der Waals surface area contributed by atoms with E-state index >= 15 is 0 Å². The van der Waals surface area contributed by atoms with Gasteiger partial charge < -0.3 is 22.1 Å². The van der Waals surface area contributed by atoms with E-state index in [0.717, 1.165) is 11.5 Å². The summed E-state index contributed by atoms with van der Waals surface area (Å²) in [5.74, 6) is 0.777. The monoisotopic (exact) mass is 307 g/mol. The third-order valence-corrected chi connectivity index (χ3v) is 3.28. The zero-order chi connectivity index (χ0) is 11.9. The fourth-order valence-corrected chi connectivity index (χ4v) is 2.29. The smallest absolute Gasteiger partial charge is 0.396 e. The number of aromatic nitrogens is 2. The number of fused-ring (bicyclic) bond motifs is 1. The van der Waals surface area contributed by atoms with E-state index in [0.29, 0.717) is 6.54 Å². The Balaban J connectivity index is 0.00000120. The lowest BCUT2D eigenvalue weighted by molar-refractivity contribution is -0.685. The minimum Gasteiger partial charge on any atom is -1.00 e. The van der Waals surface area contributed by atoms with Crippen LogP contribution in [0.25, 0.3) is 0 Å². The van der Waals surface area contributed by atoms with Crippen molar-refractivity contribution in [1.29, 1.82) is 0 Å². The van der Waals surface area contributed by atoms with E-state index in [2.05, 4.69) is 4.98 Å². The second-order valence-electron chi connectivity index (χ2n) is 4.29. The van der Waals surface area contributed by atoms with Gasteiger partial charge >= 0.3 is 5.95 Å². The van der Waals surface area contributed by atoms with Crippen LogP contribution in [0, 0.1) is 0 Å². The Morgan fingerprint density at radius 1 is 1.28 bits per heavy atom. The molecule has 2 heterocycles. The lowest BCUT2D eigenvalue weighted by atomic mass is 10.0. The molecule has 0 aliphatic carbocycles. The molecule has 0 saturated heterocycles. The lowest BCUT2D eigenvalue weighted by Crippen LogP contribution is -3.00. The molecule has 0 spiro atoms. The standard InChI is InChI=1S/C13H14N3O.BrH/c1-15-12-14-8-5-9-16(12)10-13(15,17)11-6-3-2-4-7-11;/h2-9,17H,10H2,1H3;1H/q+1;/p-1/t13-;/m1./s1. The van der Waals surface area contributed by atoms with Crippen molar-refractivity contribution >= 4 is 5.95 Å². The Labute approximate surface area is 116 Å². The highest BCUT2D eigenvalue weighted by Gasteiger charge is 2.49. The van der Waals surface area contributed by atoms with Crippen LogP contribution >= 0.6 is 0 Å². The molecule has 18 heavy (non-hydrogen) atoms. The van der Waals surface area contributed by atoms with E-state index in [-0.39, 0.29) is 17.0 Å². The van der Waals surface area contributed by atoms with Crippen molar-refractivity contribution in [2.75, 3.05) is 11.9 Å². The molecular formula is C13H14BrN3O. The first-order valence-electron chi connectivity index (χ1n) is 5.58. The number of hydrogen-bond donors (Lipinski definition) is 1. The highest BCUT2D eigenvalue weighted by atomic mass is 79.9. The van der Waals surface area contributed by atoms with Gasteiger partial charge in [-0.15, -0.1) is 0 Å². The van der Waals surface area contributed by atoms with Gasteiger partial charge in [0.1, 0.15) is 12.7 Å². The van der Waals surface area contributed by atoms with Crippen LogP contribution in [0.3, 0.4) is 0 Å². The lowest BCUT2D eigenvalue weighted by Gasteiger charge is -2.25. The summed E-state index contributed by atoms with van der Waals surface area (Å²) < 4.78 is 1.95. The minimum absolute atomic E-state index is 0. The quantitative estimate of drug-likeness (QED) is 0.601. The van der Waals surface area contributed by atoms with Gasteiger partial charge in [0.05, 0.1) is 13.2 Å². The molecule has 1 atom stereocenters. The second-order valence-corrected chi connectivity index (χ2v) is 4.29. The van der Waals surface area contributed by atoms with Crippen LogP contribution in [-0.2, 0) is 12.3 Å². The number of halogens is 1. The Hall–Kier alpha value is -1.46. The molecule has 2 aromatic rings. The zero-order valence-corrected chi connectivity index (χ0v) is 11.6. The zero-order valence-electron chi connectivity index (χ0n) is 9.99. The molecule has 5 heteroatoms. The van der Waals surface area contributed by atoms with Gasteiger partial charge in [0.15, 0.2) is 0 Å². The van der Waals surface area contributed by atoms with Crippen molar-refractivity contribution in [3.8, 4) is 0 Å². The summed E-state index contributed by atoms with van der Waals surface area (Å²) in [6.07, 6.45) is 3.67. The number of hydrogen-bond acceptors (Lipinski definition) is 3. The van der Waals surface area contributed by atoms with E-state index in [9.17, 15) is 5.11 Å². The molecule has 0 saturated carbocycles. The molecule has 0 fully saturated rings. The summed E-state index contributed by atoms with van der Waals surface area (Å²) in [6.45, 7) is 0.497. The molecule has 1 aliphatic heterocycles. The van der Waals surface area contributed by atoms with Crippen molar-refractivity contribution in [1.82, 2.24) is 4.98 Å². The molecule has 1 N–H and O–H groups in total. The number of rotatable bonds is 1. The molecule has 0 radical (unpaired) electrons. The van der Waals surface area contributed by atoms with Gasteiger partial charge in [-0.05, 0) is 0 Å². The van der Waals surface area contributed by atoms with Crippen molar-refractivity contribution in [3.05, 3.63) is 54.4 Å². The SMILES string of the molecule is CN1c2nccc[n+]2C[C@@]1(O)c1ccccc1.[Br-]. The van der Waals surface area contributed by atoms with Gasteiger partial charge in [-0.1, -0.05) is 35.3 Å². The van der Waals surface area contributed by atoms with E-state index in [1.807, 2.05) is 59.1 Å². The Kier molecular flexibility index (Phi) is 3.36. The van der Waals surface area contributed by atoms with Crippen LogP contribution in [-0.4, -0.2) is 17.1 Å². The summed E-state index contributed by atoms with van der Waals surface area (Å²) >= 11 is 0. The van der Waals surface area contributed by atoms with Crippen LogP contribution in [0.15, 0.2) is 48.8 Å². The summed E-state index contributed by atoms with van der Waals surface area (Å²) in [7, 11) is 1.86. The summed E-state index contributed by atoms with van der Waals surface area (Å²) in [4.78, 5) is 6.10. The average molecular weight is 308 g/mol.